The van der Waals surface area contributed by atoms with Gasteiger partial charge in [0.15, 0.2) is 5.65 Å². The van der Waals surface area contributed by atoms with E-state index in [4.69, 9.17) is 0 Å². The third-order valence-electron chi connectivity index (χ3n) is 3.15. The highest BCUT2D eigenvalue weighted by Crippen LogP contribution is 2.16. The number of nitrogens with zero attached hydrogens (tertiary/aromatic N) is 2. The van der Waals surface area contributed by atoms with Crippen LogP contribution in [-0.4, -0.2) is 27.0 Å². The summed E-state index contributed by atoms with van der Waals surface area (Å²) in [6.07, 6.45) is 1.49. The smallest absolute Gasteiger partial charge is 0.273 e. The summed E-state index contributed by atoms with van der Waals surface area (Å²) in [5, 5.41) is 5.46. The summed E-state index contributed by atoms with van der Waals surface area (Å²) in [6, 6.07) is 10.8. The second-order valence-corrected chi connectivity index (χ2v) is 4.55. The molecule has 1 aromatic carbocycles. The molecule has 3 aromatic rings. The van der Waals surface area contributed by atoms with E-state index in [1.807, 2.05) is 37.3 Å². The van der Waals surface area contributed by atoms with Crippen LogP contribution in [0.1, 0.15) is 17.3 Å². The van der Waals surface area contributed by atoms with Crippen molar-refractivity contribution in [3.05, 3.63) is 58.5 Å². The number of rotatable bonds is 3. The van der Waals surface area contributed by atoms with Crippen LogP contribution in [0.15, 0.2) is 47.4 Å². The molecular formula is C15H14N4O2. The largest absolute Gasteiger partial charge is 0.352 e. The number of carbonyl (C=O) groups is 1. The SMILES string of the molecule is CCNC(=O)c1c[nH]n2c(=O)cc(-c3ccccc3)nc12. The minimum absolute atomic E-state index is 0.255. The maximum Gasteiger partial charge on any atom is 0.273 e. The van der Waals surface area contributed by atoms with Crippen LogP contribution in [0.2, 0.25) is 0 Å². The van der Waals surface area contributed by atoms with Crippen LogP contribution in [-0.2, 0) is 0 Å². The minimum atomic E-state index is -0.256. The Morgan fingerprint density at radius 2 is 2.10 bits per heavy atom. The lowest BCUT2D eigenvalue weighted by Gasteiger charge is -2.03. The highest BCUT2D eigenvalue weighted by molar-refractivity contribution is 5.99. The second kappa shape index (κ2) is 5.24. The maximum absolute atomic E-state index is 12.1. The van der Waals surface area contributed by atoms with E-state index in [2.05, 4.69) is 15.4 Å². The molecule has 0 radical (unpaired) electrons. The fraction of sp³-hybridized carbons (Fsp3) is 0.133. The molecule has 0 fully saturated rings. The first-order valence-electron chi connectivity index (χ1n) is 6.65. The highest BCUT2D eigenvalue weighted by Gasteiger charge is 2.15. The Morgan fingerprint density at radius 3 is 2.81 bits per heavy atom. The van der Waals surface area contributed by atoms with Crippen molar-refractivity contribution in [3.63, 3.8) is 0 Å². The summed E-state index contributed by atoms with van der Waals surface area (Å²) in [5.41, 5.74) is 1.80. The van der Waals surface area contributed by atoms with Crippen molar-refractivity contribution in [2.75, 3.05) is 6.54 Å². The van der Waals surface area contributed by atoms with Crippen molar-refractivity contribution in [1.29, 1.82) is 0 Å². The molecule has 1 amide bonds. The minimum Gasteiger partial charge on any atom is -0.352 e. The third kappa shape index (κ3) is 2.31. The first-order chi connectivity index (χ1) is 10.2. The van der Waals surface area contributed by atoms with Gasteiger partial charge >= 0.3 is 0 Å². The van der Waals surface area contributed by atoms with Gasteiger partial charge in [-0.15, -0.1) is 0 Å². The molecule has 6 nitrogen and oxygen atoms in total. The molecule has 2 heterocycles. The standard InChI is InChI=1S/C15H14N4O2/c1-2-16-15(21)11-9-17-19-13(20)8-12(18-14(11)19)10-6-4-3-5-7-10/h3-9,17H,2H2,1H3,(H,16,21). The van der Waals surface area contributed by atoms with E-state index >= 15 is 0 Å². The number of aromatic nitrogens is 3. The quantitative estimate of drug-likeness (QED) is 0.763. The summed E-state index contributed by atoms with van der Waals surface area (Å²) in [7, 11) is 0. The summed E-state index contributed by atoms with van der Waals surface area (Å²) >= 11 is 0. The Bertz CT molecular complexity index is 849. The second-order valence-electron chi connectivity index (χ2n) is 4.55. The van der Waals surface area contributed by atoms with E-state index in [1.165, 1.54) is 16.8 Å². The lowest BCUT2D eigenvalue weighted by molar-refractivity contribution is 0.0957. The zero-order valence-corrected chi connectivity index (χ0v) is 11.5. The van der Waals surface area contributed by atoms with Crippen LogP contribution in [0, 0.1) is 0 Å². The first kappa shape index (κ1) is 13.1. The van der Waals surface area contributed by atoms with Crippen LogP contribution >= 0.6 is 0 Å². The first-order valence-corrected chi connectivity index (χ1v) is 6.65. The van der Waals surface area contributed by atoms with Gasteiger partial charge in [0.05, 0.1) is 5.69 Å². The number of fused-ring (bicyclic) bond motifs is 1. The molecule has 0 saturated heterocycles. The average molecular weight is 282 g/mol. The summed E-state index contributed by atoms with van der Waals surface area (Å²) in [5.74, 6) is -0.256. The van der Waals surface area contributed by atoms with E-state index in [-0.39, 0.29) is 11.5 Å². The van der Waals surface area contributed by atoms with Gasteiger partial charge < -0.3 is 5.32 Å². The molecule has 0 aliphatic carbocycles. The van der Waals surface area contributed by atoms with Crippen LogP contribution in [0.3, 0.4) is 0 Å². The van der Waals surface area contributed by atoms with E-state index in [1.54, 1.807) is 0 Å². The van der Waals surface area contributed by atoms with E-state index in [0.717, 1.165) is 5.56 Å². The van der Waals surface area contributed by atoms with Gasteiger partial charge in [-0.2, -0.15) is 0 Å². The zero-order valence-electron chi connectivity index (χ0n) is 11.5. The molecule has 0 atom stereocenters. The van der Waals surface area contributed by atoms with Crippen molar-refractivity contribution in [3.8, 4) is 11.3 Å². The van der Waals surface area contributed by atoms with Gasteiger partial charge in [-0.3, -0.25) is 14.7 Å². The topological polar surface area (TPSA) is 79.3 Å². The van der Waals surface area contributed by atoms with Crippen molar-refractivity contribution < 1.29 is 4.79 Å². The van der Waals surface area contributed by atoms with Gasteiger partial charge in [0.2, 0.25) is 0 Å². The van der Waals surface area contributed by atoms with Crippen molar-refractivity contribution in [2.45, 2.75) is 6.92 Å². The molecule has 0 bridgehead atoms. The molecule has 0 spiro atoms. The van der Waals surface area contributed by atoms with E-state index in [9.17, 15) is 9.59 Å². The van der Waals surface area contributed by atoms with Gasteiger partial charge in [-0.1, -0.05) is 30.3 Å². The lowest BCUT2D eigenvalue weighted by Crippen LogP contribution is -2.23. The van der Waals surface area contributed by atoms with Crippen molar-refractivity contribution in [1.82, 2.24) is 19.9 Å². The van der Waals surface area contributed by atoms with E-state index in [0.29, 0.717) is 23.4 Å². The molecule has 0 saturated carbocycles. The van der Waals surface area contributed by atoms with Gasteiger partial charge in [0, 0.05) is 24.4 Å². The third-order valence-corrected chi connectivity index (χ3v) is 3.15. The molecule has 0 aliphatic heterocycles. The zero-order chi connectivity index (χ0) is 14.8. The fourth-order valence-corrected chi connectivity index (χ4v) is 2.16. The maximum atomic E-state index is 12.1. The molecular weight excluding hydrogens is 268 g/mol. The van der Waals surface area contributed by atoms with Gasteiger partial charge in [0.1, 0.15) is 5.56 Å². The molecule has 21 heavy (non-hydrogen) atoms. The number of nitrogens with one attached hydrogen (secondary N) is 2. The molecule has 3 rings (SSSR count). The van der Waals surface area contributed by atoms with Gasteiger partial charge in [-0.25, -0.2) is 9.50 Å². The monoisotopic (exact) mass is 282 g/mol. The molecule has 0 aliphatic rings. The normalized spacial score (nSPS) is 10.7. The Balaban J connectivity index is 2.20. The molecule has 2 aromatic heterocycles. The number of amides is 1. The molecule has 6 heteroatoms. The number of hydrogen-bond acceptors (Lipinski definition) is 3. The highest BCUT2D eigenvalue weighted by atomic mass is 16.2. The van der Waals surface area contributed by atoms with Crippen molar-refractivity contribution in [2.24, 2.45) is 0 Å². The van der Waals surface area contributed by atoms with Gasteiger partial charge in [-0.05, 0) is 6.92 Å². The fourth-order valence-electron chi connectivity index (χ4n) is 2.16. The number of hydrogen-bond donors (Lipinski definition) is 2. The number of benzene rings is 1. The number of aromatic amines is 1. The van der Waals surface area contributed by atoms with Crippen LogP contribution in [0.5, 0.6) is 0 Å². The molecule has 0 unspecified atom stereocenters. The van der Waals surface area contributed by atoms with Gasteiger partial charge in [0.25, 0.3) is 11.5 Å². The Morgan fingerprint density at radius 1 is 1.33 bits per heavy atom. The molecule has 2 N–H and O–H groups in total. The average Bonchev–Trinajstić information content (AvgIpc) is 2.93. The predicted octanol–water partition coefficient (Wildman–Crippen LogP) is 1.44. The summed E-state index contributed by atoms with van der Waals surface area (Å²) in [6.45, 7) is 2.35. The van der Waals surface area contributed by atoms with E-state index < -0.39 is 0 Å². The van der Waals surface area contributed by atoms with Crippen LogP contribution < -0.4 is 10.9 Å². The number of carbonyl (C=O) groups excluding carboxylic acids is 1. The Hall–Kier alpha value is -2.89. The predicted molar refractivity (Wildman–Crippen MR) is 79.3 cm³/mol. The number of H-pyrrole nitrogens is 1. The van der Waals surface area contributed by atoms with Crippen LogP contribution in [0.4, 0.5) is 0 Å². The molecule has 106 valence electrons. The lowest BCUT2D eigenvalue weighted by atomic mass is 10.1. The summed E-state index contributed by atoms with van der Waals surface area (Å²) < 4.78 is 1.26. The van der Waals surface area contributed by atoms with Crippen molar-refractivity contribution >= 4 is 11.6 Å². The summed E-state index contributed by atoms with van der Waals surface area (Å²) in [4.78, 5) is 28.6. The Kier molecular flexibility index (Phi) is 3.27. The Labute approximate surface area is 120 Å². The van der Waals surface area contributed by atoms with Crippen LogP contribution in [0.25, 0.3) is 16.9 Å².